The summed E-state index contributed by atoms with van der Waals surface area (Å²) in [6.07, 6.45) is -1.03. The zero-order chi connectivity index (χ0) is 17.6. The molecule has 0 aliphatic carbocycles. The lowest BCUT2D eigenvalue weighted by atomic mass is 10.3. The molecule has 0 aliphatic rings. The Bertz CT molecular complexity index is 616. The Morgan fingerprint density at radius 2 is 1.83 bits per heavy atom. The largest absolute Gasteiger partial charge is 0.394 e. The van der Waals surface area contributed by atoms with Crippen molar-refractivity contribution in [2.24, 2.45) is 0 Å². The summed E-state index contributed by atoms with van der Waals surface area (Å²) in [4.78, 5) is 11.7. The lowest BCUT2D eigenvalue weighted by molar-refractivity contribution is 0.0965. The Morgan fingerprint density at radius 1 is 1.26 bits per heavy atom. The Morgan fingerprint density at radius 3 is 2.30 bits per heavy atom. The van der Waals surface area contributed by atoms with Crippen LogP contribution in [0, 0.1) is 0 Å². The van der Waals surface area contributed by atoms with Gasteiger partial charge in [-0.2, -0.15) is 4.31 Å². The summed E-state index contributed by atoms with van der Waals surface area (Å²) in [5.41, 5.74) is 0.409. The van der Waals surface area contributed by atoms with E-state index < -0.39 is 28.8 Å². The topological polar surface area (TPSA) is 119 Å². The number of benzene rings is 1. The fourth-order valence-electron chi connectivity index (χ4n) is 1.60. The van der Waals surface area contributed by atoms with Gasteiger partial charge in [-0.15, -0.1) is 0 Å². The minimum absolute atomic E-state index is 0.0893. The summed E-state index contributed by atoms with van der Waals surface area (Å²) >= 11 is 0. The average Bonchev–Trinajstić information content (AvgIpc) is 2.52. The van der Waals surface area contributed by atoms with Crippen LogP contribution >= 0.6 is 0 Å². The number of amides is 2. The second-order valence-electron chi connectivity index (χ2n) is 5.31. The summed E-state index contributed by atoms with van der Waals surface area (Å²) < 4.78 is 25.8. The van der Waals surface area contributed by atoms with Gasteiger partial charge in [0.15, 0.2) is 0 Å². The van der Waals surface area contributed by atoms with E-state index in [-0.39, 0.29) is 17.5 Å². The van der Waals surface area contributed by atoms with Crippen LogP contribution < -0.4 is 10.6 Å². The van der Waals surface area contributed by atoms with Crippen LogP contribution in [0.15, 0.2) is 29.2 Å². The molecule has 1 rings (SSSR count). The third-order valence-corrected chi connectivity index (χ3v) is 5.27. The van der Waals surface area contributed by atoms with Gasteiger partial charge in [0.1, 0.15) is 0 Å². The number of anilines is 1. The van der Waals surface area contributed by atoms with Crippen molar-refractivity contribution in [3.63, 3.8) is 0 Å². The van der Waals surface area contributed by atoms with Crippen molar-refractivity contribution in [1.29, 1.82) is 0 Å². The highest BCUT2D eigenvalue weighted by molar-refractivity contribution is 7.89. The fraction of sp³-hybridized carbons (Fsp3) is 0.500. The molecule has 1 atom stereocenters. The van der Waals surface area contributed by atoms with Gasteiger partial charge in [-0.1, -0.05) is 0 Å². The molecule has 4 N–H and O–H groups in total. The number of nitrogens with zero attached hydrogens (tertiary/aromatic N) is 1. The number of rotatable bonds is 7. The van der Waals surface area contributed by atoms with Crippen molar-refractivity contribution in [3.05, 3.63) is 24.3 Å². The number of aliphatic hydroxyl groups excluding tert-OH is 2. The maximum atomic E-state index is 12.3. The van der Waals surface area contributed by atoms with Crippen LogP contribution in [0.4, 0.5) is 10.5 Å². The highest BCUT2D eigenvalue weighted by atomic mass is 32.2. The number of nitrogens with one attached hydrogen (secondary N) is 2. The van der Waals surface area contributed by atoms with Gasteiger partial charge in [-0.25, -0.2) is 13.2 Å². The molecule has 8 nitrogen and oxygen atoms in total. The number of urea groups is 1. The zero-order valence-corrected chi connectivity index (χ0v) is 14.2. The van der Waals surface area contributed by atoms with Crippen LogP contribution in [0.25, 0.3) is 0 Å². The minimum atomic E-state index is -3.56. The fourth-order valence-corrected chi connectivity index (χ4v) is 2.97. The van der Waals surface area contributed by atoms with Gasteiger partial charge in [0.05, 0.1) is 17.6 Å². The summed E-state index contributed by atoms with van der Waals surface area (Å²) in [5.74, 6) is 0. The normalized spacial score (nSPS) is 13.2. The summed E-state index contributed by atoms with van der Waals surface area (Å²) in [7, 11) is -2.06. The summed E-state index contributed by atoms with van der Waals surface area (Å²) in [5, 5.41) is 22.7. The number of carbonyl (C=O) groups excluding carboxylic acids is 1. The SMILES string of the molecule is CC(C)N(C)S(=O)(=O)c1ccc(NC(=O)NC[C@H](O)CO)cc1. The van der Waals surface area contributed by atoms with Gasteiger partial charge < -0.3 is 20.8 Å². The lowest BCUT2D eigenvalue weighted by Crippen LogP contribution is -2.36. The first-order valence-corrected chi connectivity index (χ1v) is 8.54. The Kier molecular flexibility index (Phi) is 6.95. The van der Waals surface area contributed by atoms with E-state index in [2.05, 4.69) is 10.6 Å². The van der Waals surface area contributed by atoms with Crippen LogP contribution in [0.3, 0.4) is 0 Å². The summed E-state index contributed by atoms with van der Waals surface area (Å²) in [6, 6.07) is 5.04. The van der Waals surface area contributed by atoms with Crippen molar-refractivity contribution in [1.82, 2.24) is 9.62 Å². The van der Waals surface area contributed by atoms with Crippen molar-refractivity contribution >= 4 is 21.7 Å². The maximum Gasteiger partial charge on any atom is 0.319 e. The summed E-state index contributed by atoms with van der Waals surface area (Å²) in [6.45, 7) is 3.02. The van der Waals surface area contributed by atoms with Crippen molar-refractivity contribution < 1.29 is 23.4 Å². The molecule has 1 aromatic carbocycles. The first-order chi connectivity index (χ1) is 10.7. The molecule has 0 unspecified atom stereocenters. The molecular weight excluding hydrogens is 322 g/mol. The van der Waals surface area contributed by atoms with Crippen LogP contribution in [-0.2, 0) is 10.0 Å². The quantitative estimate of drug-likeness (QED) is 0.562. The second kappa shape index (κ2) is 8.25. The molecule has 0 fully saturated rings. The van der Waals surface area contributed by atoms with E-state index in [4.69, 9.17) is 10.2 Å². The van der Waals surface area contributed by atoms with E-state index in [9.17, 15) is 13.2 Å². The highest BCUT2D eigenvalue weighted by Crippen LogP contribution is 2.18. The number of hydrogen-bond donors (Lipinski definition) is 4. The molecule has 23 heavy (non-hydrogen) atoms. The Balaban J connectivity index is 2.72. The van der Waals surface area contributed by atoms with Crippen LogP contribution in [-0.4, -0.2) is 61.3 Å². The molecule has 0 bridgehead atoms. The molecule has 0 aromatic heterocycles. The number of hydrogen-bond acceptors (Lipinski definition) is 5. The highest BCUT2D eigenvalue weighted by Gasteiger charge is 2.22. The molecule has 9 heteroatoms. The molecule has 0 radical (unpaired) electrons. The Hall–Kier alpha value is -1.68. The smallest absolute Gasteiger partial charge is 0.319 e. The van der Waals surface area contributed by atoms with Gasteiger partial charge in [0, 0.05) is 25.3 Å². The van der Waals surface area contributed by atoms with Crippen molar-refractivity contribution in [2.75, 3.05) is 25.5 Å². The molecule has 2 amide bonds. The number of sulfonamides is 1. The minimum Gasteiger partial charge on any atom is -0.394 e. The predicted octanol–water partition coefficient (Wildman–Crippen LogP) is 0.190. The zero-order valence-electron chi connectivity index (χ0n) is 13.4. The molecule has 0 heterocycles. The molecular formula is C14H23N3O5S. The van der Waals surface area contributed by atoms with Gasteiger partial charge in [-0.3, -0.25) is 0 Å². The number of aliphatic hydroxyl groups is 2. The van der Waals surface area contributed by atoms with Gasteiger partial charge >= 0.3 is 6.03 Å². The molecule has 0 aliphatic heterocycles. The van der Waals surface area contributed by atoms with Crippen LogP contribution in [0.2, 0.25) is 0 Å². The van der Waals surface area contributed by atoms with Crippen LogP contribution in [0.5, 0.6) is 0 Å². The first-order valence-electron chi connectivity index (χ1n) is 7.10. The molecule has 0 saturated heterocycles. The third-order valence-electron chi connectivity index (χ3n) is 3.23. The molecule has 0 saturated carbocycles. The van der Waals surface area contributed by atoms with E-state index in [0.717, 1.165) is 0 Å². The molecule has 0 spiro atoms. The van der Waals surface area contributed by atoms with E-state index in [1.165, 1.54) is 35.6 Å². The van der Waals surface area contributed by atoms with Gasteiger partial charge in [0.2, 0.25) is 10.0 Å². The second-order valence-corrected chi connectivity index (χ2v) is 7.31. The average molecular weight is 345 g/mol. The third kappa shape index (κ3) is 5.47. The first kappa shape index (κ1) is 19.4. The lowest BCUT2D eigenvalue weighted by Gasteiger charge is -2.21. The van der Waals surface area contributed by atoms with E-state index in [1.54, 1.807) is 13.8 Å². The molecule has 1 aromatic rings. The van der Waals surface area contributed by atoms with Crippen molar-refractivity contribution in [3.8, 4) is 0 Å². The van der Waals surface area contributed by atoms with Crippen molar-refractivity contribution in [2.45, 2.75) is 30.9 Å². The van der Waals surface area contributed by atoms with E-state index in [1.807, 2.05) is 0 Å². The van der Waals surface area contributed by atoms with Crippen LogP contribution in [0.1, 0.15) is 13.8 Å². The number of carbonyl (C=O) groups is 1. The predicted molar refractivity (Wildman–Crippen MR) is 86.6 cm³/mol. The monoisotopic (exact) mass is 345 g/mol. The van der Waals surface area contributed by atoms with E-state index in [0.29, 0.717) is 5.69 Å². The maximum absolute atomic E-state index is 12.3. The Labute approximate surface area is 136 Å². The standard InChI is InChI=1S/C14H23N3O5S/c1-10(2)17(3)23(21,22)13-6-4-11(5-7-13)16-14(20)15-8-12(19)9-18/h4-7,10,12,18-19H,8-9H2,1-3H3,(H2,15,16,20)/t12-/m0/s1. The molecule has 130 valence electrons. The van der Waals surface area contributed by atoms with E-state index >= 15 is 0 Å². The van der Waals surface area contributed by atoms with Gasteiger partial charge in [-0.05, 0) is 38.1 Å². The van der Waals surface area contributed by atoms with Gasteiger partial charge in [0.25, 0.3) is 0 Å².